The summed E-state index contributed by atoms with van der Waals surface area (Å²) in [6, 6.07) is 7.27. The van der Waals surface area contributed by atoms with Crippen LogP contribution in [-0.4, -0.2) is 21.6 Å². The minimum absolute atomic E-state index is 0.0814. The normalized spacial score (nSPS) is 19.2. The Bertz CT molecular complexity index is 824. The maximum absolute atomic E-state index is 12.8. The van der Waals surface area contributed by atoms with Gasteiger partial charge in [-0.2, -0.15) is 5.10 Å². The number of amides is 2. The van der Waals surface area contributed by atoms with Crippen molar-refractivity contribution in [2.75, 3.05) is 5.32 Å². The molecule has 1 unspecified atom stereocenters. The summed E-state index contributed by atoms with van der Waals surface area (Å²) in [7, 11) is 1.89. The van der Waals surface area contributed by atoms with Crippen molar-refractivity contribution in [1.29, 1.82) is 0 Å². The van der Waals surface area contributed by atoms with E-state index in [-0.39, 0.29) is 24.3 Å². The third-order valence-electron chi connectivity index (χ3n) is 4.89. The number of anilines is 1. The molecule has 2 heterocycles. The summed E-state index contributed by atoms with van der Waals surface area (Å²) < 4.78 is 1.82. The Hall–Kier alpha value is -2.63. The van der Waals surface area contributed by atoms with Gasteiger partial charge in [-0.15, -0.1) is 0 Å². The lowest BCUT2D eigenvalue weighted by molar-refractivity contribution is -0.116. The van der Waals surface area contributed by atoms with Gasteiger partial charge in [-0.05, 0) is 37.3 Å². The van der Waals surface area contributed by atoms with E-state index in [9.17, 15) is 9.59 Å². The molecule has 6 nitrogen and oxygen atoms in total. The SMILES string of the molecule is Cn1nc(C(=O)NC2CC(=O)Nc3ccccc32)c2c1CCCC2. The molecular weight excluding hydrogens is 304 g/mol. The number of carbonyl (C=O) groups is 2. The van der Waals surface area contributed by atoms with Crippen molar-refractivity contribution in [2.45, 2.75) is 38.1 Å². The monoisotopic (exact) mass is 324 g/mol. The van der Waals surface area contributed by atoms with Crippen LogP contribution in [0.25, 0.3) is 0 Å². The van der Waals surface area contributed by atoms with Crippen LogP contribution in [0.4, 0.5) is 5.69 Å². The lowest BCUT2D eigenvalue weighted by atomic mass is 9.94. The fraction of sp³-hybridized carbons (Fsp3) is 0.389. The Kier molecular flexibility index (Phi) is 3.59. The van der Waals surface area contributed by atoms with Crippen LogP contribution >= 0.6 is 0 Å². The molecule has 2 aromatic rings. The summed E-state index contributed by atoms with van der Waals surface area (Å²) in [4.78, 5) is 24.7. The summed E-state index contributed by atoms with van der Waals surface area (Å²) in [5, 5.41) is 10.3. The van der Waals surface area contributed by atoms with E-state index in [2.05, 4.69) is 15.7 Å². The highest BCUT2D eigenvalue weighted by molar-refractivity contribution is 5.98. The number of nitrogens with one attached hydrogen (secondary N) is 2. The van der Waals surface area contributed by atoms with Gasteiger partial charge >= 0.3 is 0 Å². The minimum atomic E-state index is -0.316. The van der Waals surface area contributed by atoms with Gasteiger partial charge in [0.25, 0.3) is 5.91 Å². The van der Waals surface area contributed by atoms with Crippen LogP contribution in [0, 0.1) is 0 Å². The van der Waals surface area contributed by atoms with Gasteiger partial charge in [0, 0.05) is 24.0 Å². The molecule has 2 aliphatic rings. The number of rotatable bonds is 2. The molecule has 0 fully saturated rings. The molecule has 6 heteroatoms. The van der Waals surface area contributed by atoms with Gasteiger partial charge in [-0.3, -0.25) is 14.3 Å². The van der Waals surface area contributed by atoms with E-state index in [1.165, 1.54) is 0 Å². The van der Waals surface area contributed by atoms with E-state index in [0.717, 1.165) is 48.2 Å². The van der Waals surface area contributed by atoms with Crippen molar-refractivity contribution >= 4 is 17.5 Å². The van der Waals surface area contributed by atoms with Crippen LogP contribution in [0.1, 0.15) is 52.6 Å². The number of nitrogens with zero attached hydrogens (tertiary/aromatic N) is 2. The zero-order valence-corrected chi connectivity index (χ0v) is 13.6. The first-order valence-electron chi connectivity index (χ1n) is 8.38. The summed E-state index contributed by atoms with van der Waals surface area (Å²) in [5.41, 5.74) is 4.44. The quantitative estimate of drug-likeness (QED) is 0.888. The molecule has 1 atom stereocenters. The number of para-hydroxylation sites is 1. The van der Waals surface area contributed by atoms with E-state index < -0.39 is 0 Å². The summed E-state index contributed by atoms with van der Waals surface area (Å²) in [6.45, 7) is 0. The molecule has 1 aliphatic carbocycles. The average Bonchev–Trinajstić information content (AvgIpc) is 2.92. The average molecular weight is 324 g/mol. The Morgan fingerprint density at radius 1 is 1.29 bits per heavy atom. The zero-order chi connectivity index (χ0) is 16.7. The second-order valence-corrected chi connectivity index (χ2v) is 6.47. The third-order valence-corrected chi connectivity index (χ3v) is 4.89. The van der Waals surface area contributed by atoms with E-state index in [1.54, 1.807) is 0 Å². The lowest BCUT2D eigenvalue weighted by Crippen LogP contribution is -2.35. The third kappa shape index (κ3) is 2.48. The predicted molar refractivity (Wildman–Crippen MR) is 89.7 cm³/mol. The molecule has 0 bridgehead atoms. The molecule has 2 amide bonds. The molecule has 24 heavy (non-hydrogen) atoms. The molecule has 1 aliphatic heterocycles. The molecule has 0 spiro atoms. The number of benzene rings is 1. The van der Waals surface area contributed by atoms with E-state index in [1.807, 2.05) is 36.0 Å². The number of aryl methyl sites for hydroxylation is 1. The molecular formula is C18H20N4O2. The maximum atomic E-state index is 12.8. The standard InChI is InChI=1S/C18H20N4O2/c1-22-15-9-5-3-7-12(15)17(21-22)18(24)20-14-10-16(23)19-13-8-4-2-6-11(13)14/h2,4,6,8,14H,3,5,7,9-10H2,1H3,(H,19,23)(H,20,24). The lowest BCUT2D eigenvalue weighted by Gasteiger charge is -2.26. The number of aromatic nitrogens is 2. The highest BCUT2D eigenvalue weighted by atomic mass is 16.2. The van der Waals surface area contributed by atoms with E-state index >= 15 is 0 Å². The molecule has 0 radical (unpaired) electrons. The second-order valence-electron chi connectivity index (χ2n) is 6.47. The first-order valence-corrected chi connectivity index (χ1v) is 8.38. The number of hydrogen-bond acceptors (Lipinski definition) is 3. The summed E-state index contributed by atoms with van der Waals surface area (Å²) in [5.74, 6) is -0.273. The Morgan fingerprint density at radius 3 is 2.96 bits per heavy atom. The number of hydrogen-bond donors (Lipinski definition) is 2. The van der Waals surface area contributed by atoms with Gasteiger partial charge in [0.15, 0.2) is 5.69 Å². The molecule has 1 aromatic carbocycles. The highest BCUT2D eigenvalue weighted by Gasteiger charge is 2.29. The first kappa shape index (κ1) is 14.9. The summed E-state index contributed by atoms with van der Waals surface area (Å²) >= 11 is 0. The van der Waals surface area contributed by atoms with Crippen LogP contribution in [0.15, 0.2) is 24.3 Å². The van der Waals surface area contributed by atoms with Crippen molar-refractivity contribution in [3.63, 3.8) is 0 Å². The van der Waals surface area contributed by atoms with Gasteiger partial charge in [0.1, 0.15) is 0 Å². The molecule has 124 valence electrons. The fourth-order valence-electron chi connectivity index (χ4n) is 3.72. The van der Waals surface area contributed by atoms with Crippen molar-refractivity contribution in [3.8, 4) is 0 Å². The zero-order valence-electron chi connectivity index (χ0n) is 13.6. The molecule has 1 aromatic heterocycles. The first-order chi connectivity index (χ1) is 11.6. The van der Waals surface area contributed by atoms with Crippen LogP contribution < -0.4 is 10.6 Å². The smallest absolute Gasteiger partial charge is 0.272 e. The van der Waals surface area contributed by atoms with Gasteiger partial charge < -0.3 is 10.6 Å². The van der Waals surface area contributed by atoms with Gasteiger partial charge in [0.05, 0.1) is 12.5 Å². The van der Waals surface area contributed by atoms with Crippen molar-refractivity contribution in [1.82, 2.24) is 15.1 Å². The van der Waals surface area contributed by atoms with Crippen LogP contribution in [0.2, 0.25) is 0 Å². The Morgan fingerprint density at radius 2 is 2.08 bits per heavy atom. The van der Waals surface area contributed by atoms with Crippen molar-refractivity contribution < 1.29 is 9.59 Å². The largest absolute Gasteiger partial charge is 0.343 e. The van der Waals surface area contributed by atoms with Gasteiger partial charge in [-0.1, -0.05) is 18.2 Å². The van der Waals surface area contributed by atoms with Crippen LogP contribution in [0.5, 0.6) is 0 Å². The van der Waals surface area contributed by atoms with Gasteiger partial charge in [0.2, 0.25) is 5.91 Å². The fourth-order valence-corrected chi connectivity index (χ4v) is 3.72. The molecule has 0 saturated heterocycles. The number of carbonyl (C=O) groups excluding carboxylic acids is 2. The van der Waals surface area contributed by atoms with Crippen LogP contribution in [-0.2, 0) is 24.7 Å². The van der Waals surface area contributed by atoms with E-state index in [4.69, 9.17) is 0 Å². The highest BCUT2D eigenvalue weighted by Crippen LogP contribution is 2.31. The van der Waals surface area contributed by atoms with Crippen LogP contribution in [0.3, 0.4) is 0 Å². The Balaban J connectivity index is 1.62. The topological polar surface area (TPSA) is 76.0 Å². The van der Waals surface area contributed by atoms with Gasteiger partial charge in [-0.25, -0.2) is 0 Å². The second kappa shape index (κ2) is 5.78. The molecule has 2 N–H and O–H groups in total. The Labute approximate surface area is 140 Å². The van der Waals surface area contributed by atoms with Crippen molar-refractivity contribution in [2.24, 2.45) is 7.05 Å². The van der Waals surface area contributed by atoms with Crippen molar-refractivity contribution in [3.05, 3.63) is 46.8 Å². The predicted octanol–water partition coefficient (Wildman–Crippen LogP) is 2.11. The molecule has 4 rings (SSSR count). The minimum Gasteiger partial charge on any atom is -0.343 e. The molecule has 0 saturated carbocycles. The van der Waals surface area contributed by atoms with E-state index in [0.29, 0.717) is 5.69 Å². The maximum Gasteiger partial charge on any atom is 0.272 e. The number of fused-ring (bicyclic) bond motifs is 2. The summed E-state index contributed by atoms with van der Waals surface area (Å²) in [6.07, 6.45) is 4.35.